The molecule has 3 aromatic rings. The Morgan fingerprint density at radius 3 is 2.22 bits per heavy atom. The predicted octanol–water partition coefficient (Wildman–Crippen LogP) is 3.86. The zero-order valence-electron chi connectivity index (χ0n) is 17.9. The number of hydrogen-bond acceptors (Lipinski definition) is 5. The van der Waals surface area contributed by atoms with Crippen LogP contribution in [0.25, 0.3) is 0 Å². The third kappa shape index (κ3) is 4.92. The first-order chi connectivity index (χ1) is 15.3. The Morgan fingerprint density at radius 1 is 0.906 bits per heavy atom. The standard InChI is InChI=1S/C24H24N2O5S/c1-17-3-7-19(8-4-17)14-26(32(28,29)21-10-5-18(2)6-11-21)15-24(27)25-20-9-12-22-23(13-20)31-16-30-22/h3-13H,14-16H2,1-2H3,(H,25,27). The molecule has 1 heterocycles. The minimum Gasteiger partial charge on any atom is -0.454 e. The number of hydrogen-bond donors (Lipinski definition) is 1. The minimum atomic E-state index is -3.90. The van der Waals surface area contributed by atoms with Crippen molar-refractivity contribution >= 4 is 21.6 Å². The lowest BCUT2D eigenvalue weighted by atomic mass is 10.1. The number of rotatable bonds is 7. The number of nitrogens with zero attached hydrogens (tertiary/aromatic N) is 1. The number of nitrogens with one attached hydrogen (secondary N) is 1. The molecule has 0 saturated carbocycles. The fraction of sp³-hybridized carbons (Fsp3) is 0.208. The van der Waals surface area contributed by atoms with E-state index in [2.05, 4.69) is 5.32 Å². The first-order valence-electron chi connectivity index (χ1n) is 10.1. The number of fused-ring (bicyclic) bond motifs is 1. The van der Waals surface area contributed by atoms with Crippen molar-refractivity contribution in [2.24, 2.45) is 0 Å². The second kappa shape index (κ2) is 9.02. The Kier molecular flexibility index (Phi) is 6.16. The molecule has 0 aliphatic carbocycles. The maximum absolute atomic E-state index is 13.4. The molecular weight excluding hydrogens is 428 g/mol. The second-order valence-electron chi connectivity index (χ2n) is 7.69. The molecule has 0 atom stereocenters. The molecular formula is C24H24N2O5S. The van der Waals surface area contributed by atoms with Gasteiger partial charge in [-0.1, -0.05) is 47.5 Å². The zero-order chi connectivity index (χ0) is 22.7. The molecule has 0 aromatic heterocycles. The molecule has 0 unspecified atom stereocenters. The summed E-state index contributed by atoms with van der Waals surface area (Å²) in [7, 11) is -3.90. The van der Waals surface area contributed by atoms with Crippen LogP contribution in [0.15, 0.2) is 71.6 Å². The Morgan fingerprint density at radius 2 is 1.53 bits per heavy atom. The SMILES string of the molecule is Cc1ccc(CN(CC(=O)Nc2ccc3c(c2)OCO3)S(=O)(=O)c2ccc(C)cc2)cc1. The van der Waals surface area contributed by atoms with Gasteiger partial charge in [0.05, 0.1) is 11.4 Å². The predicted molar refractivity (Wildman–Crippen MR) is 121 cm³/mol. The van der Waals surface area contributed by atoms with Crippen LogP contribution in [0, 0.1) is 13.8 Å². The molecule has 0 radical (unpaired) electrons. The van der Waals surface area contributed by atoms with Gasteiger partial charge in [-0.3, -0.25) is 4.79 Å². The lowest BCUT2D eigenvalue weighted by Crippen LogP contribution is -2.37. The maximum atomic E-state index is 13.4. The summed E-state index contributed by atoms with van der Waals surface area (Å²) in [4.78, 5) is 13.0. The van der Waals surface area contributed by atoms with E-state index in [9.17, 15) is 13.2 Å². The normalized spacial score (nSPS) is 12.7. The van der Waals surface area contributed by atoms with Gasteiger partial charge in [0.1, 0.15) is 0 Å². The Labute approximate surface area is 187 Å². The van der Waals surface area contributed by atoms with Crippen LogP contribution in [0.1, 0.15) is 16.7 Å². The van der Waals surface area contributed by atoms with Gasteiger partial charge in [-0.05, 0) is 43.7 Å². The largest absolute Gasteiger partial charge is 0.454 e. The summed E-state index contributed by atoms with van der Waals surface area (Å²) >= 11 is 0. The monoisotopic (exact) mass is 452 g/mol. The first kappa shape index (κ1) is 21.9. The number of amides is 1. The molecule has 8 heteroatoms. The molecule has 0 saturated heterocycles. The molecule has 4 rings (SSSR count). The van der Waals surface area contributed by atoms with Crippen molar-refractivity contribution < 1.29 is 22.7 Å². The lowest BCUT2D eigenvalue weighted by Gasteiger charge is -2.22. The smallest absolute Gasteiger partial charge is 0.243 e. The van der Waals surface area contributed by atoms with E-state index in [-0.39, 0.29) is 24.8 Å². The number of carbonyl (C=O) groups excluding carboxylic acids is 1. The topological polar surface area (TPSA) is 84.9 Å². The van der Waals surface area contributed by atoms with E-state index in [0.29, 0.717) is 17.2 Å². The van der Waals surface area contributed by atoms with E-state index in [1.807, 2.05) is 38.1 Å². The highest BCUT2D eigenvalue weighted by atomic mass is 32.2. The van der Waals surface area contributed by atoms with E-state index in [4.69, 9.17) is 9.47 Å². The van der Waals surface area contributed by atoms with Crippen molar-refractivity contribution in [3.05, 3.63) is 83.4 Å². The van der Waals surface area contributed by atoms with Gasteiger partial charge in [-0.2, -0.15) is 4.31 Å². The highest BCUT2D eigenvalue weighted by Gasteiger charge is 2.27. The summed E-state index contributed by atoms with van der Waals surface area (Å²) in [6.45, 7) is 3.72. The third-order valence-electron chi connectivity index (χ3n) is 5.11. The van der Waals surface area contributed by atoms with Crippen LogP contribution in [0.4, 0.5) is 5.69 Å². The molecule has 7 nitrogen and oxygen atoms in total. The number of carbonyl (C=O) groups is 1. The van der Waals surface area contributed by atoms with Gasteiger partial charge in [0.15, 0.2) is 11.5 Å². The molecule has 166 valence electrons. The summed E-state index contributed by atoms with van der Waals surface area (Å²) in [5, 5.41) is 2.75. The van der Waals surface area contributed by atoms with E-state index in [0.717, 1.165) is 16.7 Å². The fourth-order valence-corrected chi connectivity index (χ4v) is 4.70. The van der Waals surface area contributed by atoms with Crippen molar-refractivity contribution in [2.45, 2.75) is 25.3 Å². The van der Waals surface area contributed by atoms with Crippen LogP contribution in [0.3, 0.4) is 0 Å². The zero-order valence-corrected chi connectivity index (χ0v) is 18.7. The molecule has 32 heavy (non-hydrogen) atoms. The molecule has 3 aromatic carbocycles. The number of sulfonamides is 1. The number of anilines is 1. The molecule has 0 spiro atoms. The fourth-order valence-electron chi connectivity index (χ4n) is 3.32. The molecule has 0 fully saturated rings. The van der Waals surface area contributed by atoms with E-state index < -0.39 is 15.9 Å². The van der Waals surface area contributed by atoms with Crippen molar-refractivity contribution in [3.8, 4) is 11.5 Å². The van der Waals surface area contributed by atoms with E-state index in [1.165, 1.54) is 4.31 Å². The van der Waals surface area contributed by atoms with Crippen molar-refractivity contribution in [1.82, 2.24) is 4.31 Å². The Balaban J connectivity index is 1.57. The first-order valence-corrected chi connectivity index (χ1v) is 11.6. The molecule has 1 N–H and O–H groups in total. The third-order valence-corrected chi connectivity index (χ3v) is 6.92. The van der Waals surface area contributed by atoms with Crippen LogP contribution >= 0.6 is 0 Å². The van der Waals surface area contributed by atoms with Crippen LogP contribution in [-0.2, 0) is 21.4 Å². The van der Waals surface area contributed by atoms with Gasteiger partial charge in [0, 0.05) is 18.3 Å². The van der Waals surface area contributed by atoms with Gasteiger partial charge in [0.25, 0.3) is 0 Å². The van der Waals surface area contributed by atoms with Crippen molar-refractivity contribution in [1.29, 1.82) is 0 Å². The van der Waals surface area contributed by atoms with Gasteiger partial charge in [-0.25, -0.2) is 8.42 Å². The number of ether oxygens (including phenoxy) is 2. The quantitative estimate of drug-likeness (QED) is 0.588. The maximum Gasteiger partial charge on any atom is 0.243 e. The van der Waals surface area contributed by atoms with Gasteiger partial charge in [-0.15, -0.1) is 0 Å². The summed E-state index contributed by atoms with van der Waals surface area (Å²) in [5.74, 6) is 0.684. The highest BCUT2D eigenvalue weighted by Crippen LogP contribution is 2.34. The van der Waals surface area contributed by atoms with Gasteiger partial charge >= 0.3 is 0 Å². The summed E-state index contributed by atoms with van der Waals surface area (Å²) in [6, 6.07) is 19.2. The summed E-state index contributed by atoms with van der Waals surface area (Å²) < 4.78 is 38.5. The lowest BCUT2D eigenvalue weighted by molar-refractivity contribution is -0.116. The summed E-state index contributed by atoms with van der Waals surface area (Å²) in [5.41, 5.74) is 3.32. The van der Waals surface area contributed by atoms with Crippen LogP contribution in [-0.4, -0.2) is 32.0 Å². The van der Waals surface area contributed by atoms with Crippen molar-refractivity contribution in [2.75, 3.05) is 18.7 Å². The Hall–Kier alpha value is -3.36. The number of benzene rings is 3. The minimum absolute atomic E-state index is 0.0745. The number of aryl methyl sites for hydroxylation is 2. The Bertz CT molecular complexity index is 1220. The average Bonchev–Trinajstić information content (AvgIpc) is 3.23. The molecule has 1 aliphatic heterocycles. The summed E-state index contributed by atoms with van der Waals surface area (Å²) in [6.07, 6.45) is 0. The second-order valence-corrected chi connectivity index (χ2v) is 9.63. The highest BCUT2D eigenvalue weighted by molar-refractivity contribution is 7.89. The molecule has 1 amide bonds. The van der Waals surface area contributed by atoms with E-state index in [1.54, 1.807) is 42.5 Å². The molecule has 0 bridgehead atoms. The van der Waals surface area contributed by atoms with Gasteiger partial charge < -0.3 is 14.8 Å². The van der Waals surface area contributed by atoms with Gasteiger partial charge in [0.2, 0.25) is 22.7 Å². The van der Waals surface area contributed by atoms with E-state index >= 15 is 0 Å². The van der Waals surface area contributed by atoms with Crippen molar-refractivity contribution in [3.63, 3.8) is 0 Å². The van der Waals surface area contributed by atoms with Crippen LogP contribution in [0.2, 0.25) is 0 Å². The molecule has 1 aliphatic rings. The van der Waals surface area contributed by atoms with Crippen LogP contribution < -0.4 is 14.8 Å². The average molecular weight is 453 g/mol. The van der Waals surface area contributed by atoms with Crippen LogP contribution in [0.5, 0.6) is 11.5 Å².